The van der Waals surface area contributed by atoms with E-state index >= 15 is 0 Å². The number of aromatic nitrogens is 2. The molecule has 0 saturated carbocycles. The summed E-state index contributed by atoms with van der Waals surface area (Å²) in [5.41, 5.74) is 0.840. The maximum Gasteiger partial charge on any atom is 0.230 e. The molecule has 0 spiro atoms. The van der Waals surface area contributed by atoms with Crippen LogP contribution in [-0.2, 0) is 11.3 Å². The lowest BCUT2D eigenvalue weighted by Gasteiger charge is -2.34. The lowest BCUT2D eigenvalue weighted by atomic mass is 10.2. The van der Waals surface area contributed by atoms with E-state index in [9.17, 15) is 9.18 Å². The van der Waals surface area contributed by atoms with Crippen LogP contribution >= 0.6 is 23.4 Å². The molecule has 0 radical (unpaired) electrons. The van der Waals surface area contributed by atoms with Crippen LogP contribution in [0, 0.1) is 5.82 Å². The number of anilines is 1. The highest BCUT2D eigenvalue weighted by Gasteiger charge is 2.18. The van der Waals surface area contributed by atoms with Crippen molar-refractivity contribution in [3.63, 3.8) is 0 Å². The van der Waals surface area contributed by atoms with Crippen LogP contribution in [0.25, 0.3) is 0 Å². The normalized spacial score (nSPS) is 14.9. The van der Waals surface area contributed by atoms with Crippen molar-refractivity contribution in [3.8, 4) is 0 Å². The molecule has 6 nitrogen and oxygen atoms in total. The number of likely N-dealkylation sites (N-methyl/N-ethyl adjacent to an activating group) is 1. The molecular formula is C19H23ClFN5OS. The van der Waals surface area contributed by atoms with Crippen LogP contribution in [0.15, 0.2) is 35.5 Å². The Bertz CT molecular complexity index is 799. The maximum atomic E-state index is 12.9. The summed E-state index contributed by atoms with van der Waals surface area (Å²) >= 11 is 7.41. The Morgan fingerprint density at radius 2 is 1.93 bits per heavy atom. The van der Waals surface area contributed by atoms with Gasteiger partial charge in [0.1, 0.15) is 16.8 Å². The van der Waals surface area contributed by atoms with E-state index in [1.165, 1.54) is 23.9 Å². The summed E-state index contributed by atoms with van der Waals surface area (Å²) < 4.78 is 12.9. The van der Waals surface area contributed by atoms with Crippen molar-refractivity contribution in [1.29, 1.82) is 0 Å². The first-order valence-corrected chi connectivity index (χ1v) is 10.6. The zero-order chi connectivity index (χ0) is 19.9. The van der Waals surface area contributed by atoms with Gasteiger partial charge in [-0.05, 0) is 24.2 Å². The number of halogens is 2. The Kier molecular flexibility index (Phi) is 7.47. The van der Waals surface area contributed by atoms with E-state index in [1.54, 1.807) is 18.2 Å². The zero-order valence-corrected chi connectivity index (χ0v) is 17.3. The average molecular weight is 424 g/mol. The van der Waals surface area contributed by atoms with E-state index in [1.807, 2.05) is 0 Å². The van der Waals surface area contributed by atoms with Crippen LogP contribution in [0.2, 0.25) is 5.15 Å². The van der Waals surface area contributed by atoms with Gasteiger partial charge in [0.25, 0.3) is 0 Å². The van der Waals surface area contributed by atoms with Gasteiger partial charge in [-0.1, -0.05) is 42.4 Å². The monoisotopic (exact) mass is 423 g/mol. The summed E-state index contributed by atoms with van der Waals surface area (Å²) in [4.78, 5) is 25.4. The van der Waals surface area contributed by atoms with E-state index in [0.717, 1.165) is 44.1 Å². The van der Waals surface area contributed by atoms with Crippen molar-refractivity contribution >= 4 is 35.1 Å². The zero-order valence-electron chi connectivity index (χ0n) is 15.7. The van der Waals surface area contributed by atoms with Crippen molar-refractivity contribution < 1.29 is 9.18 Å². The quantitative estimate of drug-likeness (QED) is 0.420. The third kappa shape index (κ3) is 6.05. The van der Waals surface area contributed by atoms with Gasteiger partial charge in [-0.3, -0.25) is 4.79 Å². The third-order valence-electron chi connectivity index (χ3n) is 4.54. The van der Waals surface area contributed by atoms with E-state index in [2.05, 4.69) is 32.0 Å². The highest BCUT2D eigenvalue weighted by atomic mass is 35.5. The van der Waals surface area contributed by atoms with E-state index < -0.39 is 0 Å². The summed E-state index contributed by atoms with van der Waals surface area (Å²) in [7, 11) is 0. The van der Waals surface area contributed by atoms with E-state index in [-0.39, 0.29) is 17.5 Å². The highest BCUT2D eigenvalue weighted by Crippen LogP contribution is 2.22. The van der Waals surface area contributed by atoms with Gasteiger partial charge in [0, 0.05) is 38.8 Å². The minimum atomic E-state index is -0.296. The number of hydrogen-bond acceptors (Lipinski definition) is 6. The second-order valence-corrected chi connectivity index (χ2v) is 7.77. The van der Waals surface area contributed by atoms with E-state index in [0.29, 0.717) is 16.9 Å². The first-order chi connectivity index (χ1) is 13.5. The minimum Gasteiger partial charge on any atom is -0.354 e. The summed E-state index contributed by atoms with van der Waals surface area (Å²) in [6.07, 6.45) is 0. The molecule has 1 aromatic heterocycles. The SMILES string of the molecule is CCN1CCN(c2cc(Cl)nc(SCC(=O)NCc3ccc(F)cc3)n2)CC1. The number of amides is 1. The molecule has 3 rings (SSSR count). The number of carbonyl (C=O) groups excluding carboxylic acids is 1. The maximum absolute atomic E-state index is 12.9. The lowest BCUT2D eigenvalue weighted by molar-refractivity contribution is -0.118. The van der Waals surface area contributed by atoms with Crippen LogP contribution in [0.5, 0.6) is 0 Å². The van der Waals surface area contributed by atoms with Gasteiger partial charge in [-0.25, -0.2) is 14.4 Å². The van der Waals surface area contributed by atoms with Crippen molar-refractivity contribution in [2.75, 3.05) is 43.4 Å². The molecule has 1 aromatic carbocycles. The summed E-state index contributed by atoms with van der Waals surface area (Å²) in [5, 5.41) is 3.66. The molecule has 1 amide bonds. The van der Waals surface area contributed by atoms with Gasteiger partial charge < -0.3 is 15.1 Å². The fourth-order valence-corrected chi connectivity index (χ4v) is 3.80. The number of benzene rings is 1. The van der Waals surface area contributed by atoms with Crippen molar-refractivity contribution in [2.24, 2.45) is 0 Å². The molecule has 0 bridgehead atoms. The van der Waals surface area contributed by atoms with Gasteiger partial charge in [0.05, 0.1) is 5.75 Å². The number of rotatable bonds is 7. The second-order valence-electron chi connectivity index (χ2n) is 6.44. The van der Waals surface area contributed by atoms with Crippen LogP contribution in [0.4, 0.5) is 10.2 Å². The molecule has 0 aliphatic carbocycles. The van der Waals surface area contributed by atoms with Crippen LogP contribution in [-0.4, -0.2) is 59.3 Å². The molecular weight excluding hydrogens is 401 g/mol. The molecule has 2 heterocycles. The van der Waals surface area contributed by atoms with Gasteiger partial charge >= 0.3 is 0 Å². The predicted molar refractivity (Wildman–Crippen MR) is 110 cm³/mol. The number of hydrogen-bond donors (Lipinski definition) is 1. The molecule has 1 fully saturated rings. The minimum absolute atomic E-state index is 0.143. The standard InChI is InChI=1S/C19H23ClFN5OS/c1-2-25-7-9-26(10-8-25)17-11-16(20)23-19(24-17)28-13-18(27)22-12-14-3-5-15(21)6-4-14/h3-6,11H,2,7-10,12-13H2,1H3,(H,22,27). The Morgan fingerprint density at radius 1 is 1.21 bits per heavy atom. The van der Waals surface area contributed by atoms with Crippen molar-refractivity contribution in [1.82, 2.24) is 20.2 Å². The Labute approximate surface area is 173 Å². The molecule has 1 aliphatic heterocycles. The predicted octanol–water partition coefficient (Wildman–Crippen LogP) is 2.82. The van der Waals surface area contributed by atoms with Crippen LogP contribution in [0.3, 0.4) is 0 Å². The summed E-state index contributed by atoms with van der Waals surface area (Å²) in [5.74, 6) is 0.543. The molecule has 28 heavy (non-hydrogen) atoms. The Morgan fingerprint density at radius 3 is 2.61 bits per heavy atom. The molecule has 0 unspecified atom stereocenters. The molecule has 1 N–H and O–H groups in total. The van der Waals surface area contributed by atoms with Crippen molar-refractivity contribution in [2.45, 2.75) is 18.6 Å². The first-order valence-electron chi connectivity index (χ1n) is 9.19. The van der Waals surface area contributed by atoms with Gasteiger partial charge in [0.2, 0.25) is 5.91 Å². The number of nitrogens with zero attached hydrogens (tertiary/aromatic N) is 4. The second kappa shape index (κ2) is 10.0. The molecule has 150 valence electrons. The number of nitrogens with one attached hydrogen (secondary N) is 1. The van der Waals surface area contributed by atoms with Crippen molar-refractivity contribution in [3.05, 3.63) is 46.9 Å². The molecule has 1 aliphatic rings. The van der Waals surface area contributed by atoms with E-state index in [4.69, 9.17) is 11.6 Å². The van der Waals surface area contributed by atoms with Gasteiger partial charge in [-0.2, -0.15) is 0 Å². The smallest absolute Gasteiger partial charge is 0.230 e. The topological polar surface area (TPSA) is 61.4 Å². The number of carbonyl (C=O) groups is 1. The van der Waals surface area contributed by atoms with Crippen LogP contribution in [0.1, 0.15) is 12.5 Å². The molecule has 2 aromatic rings. The lowest BCUT2D eigenvalue weighted by Crippen LogP contribution is -2.46. The third-order valence-corrected chi connectivity index (χ3v) is 5.58. The largest absolute Gasteiger partial charge is 0.354 e. The van der Waals surface area contributed by atoms with Crippen LogP contribution < -0.4 is 10.2 Å². The average Bonchev–Trinajstić information content (AvgIpc) is 2.71. The number of piperazine rings is 1. The Hall–Kier alpha value is -1.90. The summed E-state index contributed by atoms with van der Waals surface area (Å²) in [6, 6.07) is 7.80. The van der Waals surface area contributed by atoms with Gasteiger partial charge in [-0.15, -0.1) is 0 Å². The number of thioether (sulfide) groups is 1. The first kappa shape index (κ1) is 20.8. The summed E-state index contributed by atoms with van der Waals surface area (Å²) in [6.45, 7) is 7.33. The molecule has 1 saturated heterocycles. The highest BCUT2D eigenvalue weighted by molar-refractivity contribution is 7.99. The van der Waals surface area contributed by atoms with Gasteiger partial charge in [0.15, 0.2) is 5.16 Å². The Balaban J connectivity index is 1.51. The molecule has 9 heteroatoms. The molecule has 0 atom stereocenters. The fraction of sp³-hybridized carbons (Fsp3) is 0.421. The fourth-order valence-electron chi connectivity index (χ4n) is 2.89.